The predicted molar refractivity (Wildman–Crippen MR) is 68.7 cm³/mol. The Balaban J connectivity index is 2.08. The Morgan fingerprint density at radius 3 is 2.72 bits per heavy atom. The van der Waals surface area contributed by atoms with Crippen molar-refractivity contribution in [2.24, 2.45) is 5.92 Å². The molecular formula is C13H25NO4. The summed E-state index contributed by atoms with van der Waals surface area (Å²) in [7, 11) is 1.68. The lowest BCUT2D eigenvalue weighted by Gasteiger charge is -2.24. The van der Waals surface area contributed by atoms with Gasteiger partial charge in [-0.1, -0.05) is 0 Å². The molecule has 1 aliphatic heterocycles. The van der Waals surface area contributed by atoms with Crippen molar-refractivity contribution in [1.29, 1.82) is 0 Å². The van der Waals surface area contributed by atoms with Gasteiger partial charge in [0, 0.05) is 26.4 Å². The molecule has 1 heterocycles. The van der Waals surface area contributed by atoms with Gasteiger partial charge in [0.2, 0.25) is 0 Å². The zero-order valence-corrected chi connectivity index (χ0v) is 11.4. The number of carboxylic acids is 1. The zero-order chi connectivity index (χ0) is 13.4. The fraction of sp³-hybridized carbons (Fsp3) is 0.923. The topological polar surface area (TPSA) is 67.8 Å². The lowest BCUT2D eigenvalue weighted by atomic mass is 9.96. The number of ether oxygens (including phenoxy) is 2. The number of carboxylic acid groups (broad SMARTS) is 1. The molecule has 106 valence electrons. The highest BCUT2D eigenvalue weighted by atomic mass is 16.5. The number of aliphatic carboxylic acids is 1. The lowest BCUT2D eigenvalue weighted by Crippen LogP contribution is -2.47. The second-order valence-electron chi connectivity index (χ2n) is 5.12. The van der Waals surface area contributed by atoms with Crippen molar-refractivity contribution in [2.75, 3.05) is 33.5 Å². The van der Waals surface area contributed by atoms with E-state index in [0.717, 1.165) is 39.1 Å². The Labute approximate surface area is 109 Å². The molecule has 1 unspecified atom stereocenters. The summed E-state index contributed by atoms with van der Waals surface area (Å²) < 4.78 is 10.9. The van der Waals surface area contributed by atoms with Gasteiger partial charge in [0.25, 0.3) is 0 Å². The van der Waals surface area contributed by atoms with Crippen LogP contribution >= 0.6 is 0 Å². The van der Waals surface area contributed by atoms with Crippen LogP contribution in [-0.2, 0) is 14.3 Å². The first-order chi connectivity index (χ1) is 8.58. The summed E-state index contributed by atoms with van der Waals surface area (Å²) in [5.74, 6) is -0.205. The molecule has 1 saturated heterocycles. The van der Waals surface area contributed by atoms with Gasteiger partial charge in [0.05, 0.1) is 0 Å². The van der Waals surface area contributed by atoms with Crippen LogP contribution in [0.25, 0.3) is 0 Å². The van der Waals surface area contributed by atoms with Crippen LogP contribution in [0.15, 0.2) is 0 Å². The molecule has 0 aromatic rings. The van der Waals surface area contributed by atoms with Crippen LogP contribution in [0.5, 0.6) is 0 Å². The van der Waals surface area contributed by atoms with Gasteiger partial charge in [-0.3, -0.25) is 4.79 Å². The first-order valence-electron chi connectivity index (χ1n) is 6.66. The Hall–Kier alpha value is -0.650. The Morgan fingerprint density at radius 1 is 1.50 bits per heavy atom. The normalized spacial score (nSPS) is 20.6. The van der Waals surface area contributed by atoms with Gasteiger partial charge in [-0.15, -0.1) is 0 Å². The molecule has 1 aliphatic rings. The molecule has 2 N–H and O–H groups in total. The molecule has 0 radical (unpaired) electrons. The summed E-state index contributed by atoms with van der Waals surface area (Å²) in [5, 5.41) is 11.9. The van der Waals surface area contributed by atoms with E-state index in [1.807, 2.05) is 0 Å². The van der Waals surface area contributed by atoms with E-state index in [0.29, 0.717) is 18.9 Å². The van der Waals surface area contributed by atoms with E-state index in [2.05, 4.69) is 5.32 Å². The molecule has 1 rings (SSSR count). The van der Waals surface area contributed by atoms with Crippen molar-refractivity contribution >= 4 is 5.97 Å². The maximum Gasteiger partial charge on any atom is 0.323 e. The third-order valence-corrected chi connectivity index (χ3v) is 3.68. The highest BCUT2D eigenvalue weighted by Crippen LogP contribution is 2.16. The van der Waals surface area contributed by atoms with E-state index in [9.17, 15) is 4.79 Å². The average molecular weight is 259 g/mol. The number of rotatable bonds is 8. The smallest absolute Gasteiger partial charge is 0.323 e. The van der Waals surface area contributed by atoms with Crippen molar-refractivity contribution in [3.05, 3.63) is 0 Å². The fourth-order valence-electron chi connectivity index (χ4n) is 2.03. The standard InChI is InChI=1S/C13H25NO4/c1-13(14-2,12(15)16)6-3-7-18-10-11-4-8-17-9-5-11/h11,14H,3-10H2,1-2H3,(H,15,16). The number of hydrogen-bond donors (Lipinski definition) is 2. The summed E-state index contributed by atoms with van der Waals surface area (Å²) in [6, 6.07) is 0. The summed E-state index contributed by atoms with van der Waals surface area (Å²) in [6.07, 6.45) is 3.48. The third-order valence-electron chi connectivity index (χ3n) is 3.68. The molecule has 1 fully saturated rings. The van der Waals surface area contributed by atoms with E-state index < -0.39 is 11.5 Å². The molecule has 5 nitrogen and oxygen atoms in total. The molecule has 0 aromatic heterocycles. The second-order valence-corrected chi connectivity index (χ2v) is 5.12. The third kappa shape index (κ3) is 4.92. The summed E-state index contributed by atoms with van der Waals surface area (Å²) in [6.45, 7) is 4.78. The summed E-state index contributed by atoms with van der Waals surface area (Å²) in [5.41, 5.74) is -0.845. The maximum atomic E-state index is 11.0. The van der Waals surface area contributed by atoms with Gasteiger partial charge < -0.3 is 19.9 Å². The Morgan fingerprint density at radius 2 is 2.17 bits per heavy atom. The molecule has 1 atom stereocenters. The van der Waals surface area contributed by atoms with Gasteiger partial charge in [-0.25, -0.2) is 0 Å². The van der Waals surface area contributed by atoms with Gasteiger partial charge in [0.15, 0.2) is 0 Å². The minimum absolute atomic E-state index is 0.576. The molecule has 0 bridgehead atoms. The number of likely N-dealkylation sites (N-methyl/N-ethyl adjacent to an activating group) is 1. The maximum absolute atomic E-state index is 11.0. The van der Waals surface area contributed by atoms with Crippen LogP contribution in [-0.4, -0.2) is 50.1 Å². The monoisotopic (exact) mass is 259 g/mol. The molecule has 0 aromatic carbocycles. The van der Waals surface area contributed by atoms with Crippen molar-refractivity contribution < 1.29 is 19.4 Å². The van der Waals surface area contributed by atoms with E-state index in [-0.39, 0.29) is 0 Å². The van der Waals surface area contributed by atoms with Crippen LogP contribution < -0.4 is 5.32 Å². The van der Waals surface area contributed by atoms with Crippen LogP contribution in [0.4, 0.5) is 0 Å². The first kappa shape index (κ1) is 15.4. The Bertz CT molecular complexity index is 253. The molecule has 0 amide bonds. The van der Waals surface area contributed by atoms with Crippen LogP contribution in [0, 0.1) is 5.92 Å². The average Bonchev–Trinajstić information content (AvgIpc) is 2.39. The minimum atomic E-state index is -0.845. The summed E-state index contributed by atoms with van der Waals surface area (Å²) >= 11 is 0. The van der Waals surface area contributed by atoms with Crippen molar-refractivity contribution in [1.82, 2.24) is 5.32 Å². The van der Waals surface area contributed by atoms with E-state index in [4.69, 9.17) is 14.6 Å². The van der Waals surface area contributed by atoms with Gasteiger partial charge in [0.1, 0.15) is 5.54 Å². The van der Waals surface area contributed by atoms with Gasteiger partial charge in [-0.05, 0) is 45.6 Å². The Kier molecular flexibility index (Phi) is 6.60. The number of hydrogen-bond acceptors (Lipinski definition) is 4. The zero-order valence-electron chi connectivity index (χ0n) is 11.4. The van der Waals surface area contributed by atoms with Crippen molar-refractivity contribution in [3.8, 4) is 0 Å². The van der Waals surface area contributed by atoms with E-state index in [1.54, 1.807) is 14.0 Å². The minimum Gasteiger partial charge on any atom is -0.480 e. The van der Waals surface area contributed by atoms with E-state index in [1.165, 1.54) is 0 Å². The molecule has 5 heteroatoms. The quantitative estimate of drug-likeness (QED) is 0.643. The van der Waals surface area contributed by atoms with Crippen molar-refractivity contribution in [3.63, 3.8) is 0 Å². The molecule has 0 saturated carbocycles. The van der Waals surface area contributed by atoms with Gasteiger partial charge >= 0.3 is 5.97 Å². The fourth-order valence-corrected chi connectivity index (χ4v) is 2.03. The van der Waals surface area contributed by atoms with E-state index >= 15 is 0 Å². The molecule has 0 aliphatic carbocycles. The first-order valence-corrected chi connectivity index (χ1v) is 6.66. The highest BCUT2D eigenvalue weighted by Gasteiger charge is 2.30. The number of carbonyl (C=O) groups is 1. The molecule has 0 spiro atoms. The lowest BCUT2D eigenvalue weighted by molar-refractivity contribution is -0.144. The SMILES string of the molecule is CNC(C)(CCCOCC1CCOCC1)C(=O)O. The second kappa shape index (κ2) is 7.71. The van der Waals surface area contributed by atoms with Crippen LogP contribution in [0.2, 0.25) is 0 Å². The van der Waals surface area contributed by atoms with Crippen LogP contribution in [0.3, 0.4) is 0 Å². The molecular weight excluding hydrogens is 234 g/mol. The number of nitrogens with one attached hydrogen (secondary N) is 1. The predicted octanol–water partition coefficient (Wildman–Crippen LogP) is 1.27. The largest absolute Gasteiger partial charge is 0.480 e. The van der Waals surface area contributed by atoms with Crippen molar-refractivity contribution in [2.45, 2.75) is 38.1 Å². The van der Waals surface area contributed by atoms with Crippen LogP contribution in [0.1, 0.15) is 32.6 Å². The molecule has 18 heavy (non-hydrogen) atoms. The summed E-state index contributed by atoms with van der Waals surface area (Å²) in [4.78, 5) is 11.0. The highest BCUT2D eigenvalue weighted by molar-refractivity contribution is 5.78. The van der Waals surface area contributed by atoms with Gasteiger partial charge in [-0.2, -0.15) is 0 Å².